The summed E-state index contributed by atoms with van der Waals surface area (Å²) in [7, 11) is -3.82. The Morgan fingerprint density at radius 2 is 1.88 bits per heavy atom. The van der Waals surface area contributed by atoms with Crippen LogP contribution in [0.15, 0.2) is 18.2 Å². The molecule has 0 N–H and O–H groups in total. The lowest BCUT2D eigenvalue weighted by atomic mass is 10.1. The molecule has 3 nitrogen and oxygen atoms in total. The van der Waals surface area contributed by atoms with E-state index < -0.39 is 33.5 Å². The van der Waals surface area contributed by atoms with Crippen LogP contribution < -0.4 is 4.74 Å². The molecule has 0 amide bonds. The largest absolute Gasteiger partial charge is 0.496 e. The molecule has 17 heavy (non-hydrogen) atoms. The Morgan fingerprint density at radius 3 is 2.29 bits per heavy atom. The number of ether oxygens (including phenoxy) is 1. The molecule has 0 fully saturated rings. The molecule has 0 atom stereocenters. The van der Waals surface area contributed by atoms with Crippen molar-refractivity contribution in [1.82, 2.24) is 0 Å². The van der Waals surface area contributed by atoms with Gasteiger partial charge in [-0.25, -0.2) is 0 Å². The number of alkyl halides is 3. The van der Waals surface area contributed by atoms with Crippen molar-refractivity contribution in [3.63, 3.8) is 0 Å². The zero-order chi connectivity index (χ0) is 13.3. The van der Waals surface area contributed by atoms with Crippen LogP contribution in [0, 0.1) is 0 Å². The third-order valence-electron chi connectivity index (χ3n) is 1.91. The van der Waals surface area contributed by atoms with Crippen molar-refractivity contribution in [3.05, 3.63) is 29.3 Å². The molecule has 1 aromatic carbocycles. The van der Waals surface area contributed by atoms with E-state index in [0.29, 0.717) is 6.07 Å². The van der Waals surface area contributed by atoms with Crippen molar-refractivity contribution in [2.45, 2.75) is 11.9 Å². The van der Waals surface area contributed by atoms with Gasteiger partial charge in [0.25, 0.3) is 0 Å². The summed E-state index contributed by atoms with van der Waals surface area (Å²) in [5.41, 5.74) is -1.43. The molecule has 96 valence electrons. The van der Waals surface area contributed by atoms with E-state index in [9.17, 15) is 25.5 Å². The summed E-state index contributed by atoms with van der Waals surface area (Å²) < 4.78 is 75.1. The highest BCUT2D eigenvalue weighted by molar-refractivity contribution is 7.85. The normalized spacial score (nSPS) is 12.5. The van der Waals surface area contributed by atoms with Gasteiger partial charge in [-0.05, 0) is 17.7 Å². The summed E-state index contributed by atoms with van der Waals surface area (Å²) in [6.45, 7) is 0. The number of hydrogen-bond donors (Lipinski definition) is 0. The van der Waals surface area contributed by atoms with Crippen LogP contribution in [0.1, 0.15) is 11.1 Å². The molecule has 1 rings (SSSR count). The Kier molecular flexibility index (Phi) is 3.65. The molecule has 8 heteroatoms. The average Bonchev–Trinajstić information content (AvgIpc) is 2.13. The number of benzene rings is 1. The van der Waals surface area contributed by atoms with Gasteiger partial charge in [0.15, 0.2) is 0 Å². The van der Waals surface area contributed by atoms with Crippen molar-refractivity contribution in [2.75, 3.05) is 7.11 Å². The first-order valence-corrected chi connectivity index (χ1v) is 5.85. The molecular formula is C9H8F4O3S. The highest BCUT2D eigenvalue weighted by Crippen LogP contribution is 2.36. The number of rotatable bonds is 3. The predicted molar refractivity (Wildman–Crippen MR) is 51.7 cm³/mol. The number of hydrogen-bond acceptors (Lipinski definition) is 3. The third kappa shape index (κ3) is 3.88. The molecule has 0 aliphatic rings. The van der Waals surface area contributed by atoms with Crippen LogP contribution >= 0.6 is 0 Å². The maximum Gasteiger partial charge on any atom is 0.419 e. The highest BCUT2D eigenvalue weighted by atomic mass is 32.3. The summed E-state index contributed by atoms with van der Waals surface area (Å²) in [6.07, 6.45) is -4.69. The van der Waals surface area contributed by atoms with Crippen LogP contribution in [0.4, 0.5) is 17.1 Å². The molecular weight excluding hydrogens is 264 g/mol. The highest BCUT2D eigenvalue weighted by Gasteiger charge is 2.34. The molecule has 0 radical (unpaired) electrons. The lowest BCUT2D eigenvalue weighted by Gasteiger charge is -2.12. The SMILES string of the molecule is COc1ccc(CS(=O)(=O)F)cc1C(F)(F)F. The zero-order valence-electron chi connectivity index (χ0n) is 8.58. The van der Waals surface area contributed by atoms with E-state index in [4.69, 9.17) is 0 Å². The molecule has 0 aliphatic heterocycles. The van der Waals surface area contributed by atoms with Crippen molar-refractivity contribution in [3.8, 4) is 5.75 Å². The van der Waals surface area contributed by atoms with E-state index in [1.54, 1.807) is 0 Å². The van der Waals surface area contributed by atoms with Crippen molar-refractivity contribution >= 4 is 10.2 Å². The van der Waals surface area contributed by atoms with E-state index in [-0.39, 0.29) is 5.56 Å². The van der Waals surface area contributed by atoms with Crippen molar-refractivity contribution < 1.29 is 30.2 Å². The average molecular weight is 272 g/mol. The first-order valence-electron chi connectivity index (χ1n) is 4.30. The summed E-state index contributed by atoms with van der Waals surface area (Å²) in [5.74, 6) is -1.54. The summed E-state index contributed by atoms with van der Waals surface area (Å²) >= 11 is 0. The minimum absolute atomic E-state index is 0.291. The van der Waals surface area contributed by atoms with Crippen LogP contribution in [0.25, 0.3) is 0 Å². The molecule has 0 unspecified atom stereocenters. The fourth-order valence-corrected chi connectivity index (χ4v) is 1.84. The molecule has 0 spiro atoms. The maximum absolute atomic E-state index is 12.5. The van der Waals surface area contributed by atoms with Crippen LogP contribution in [0.2, 0.25) is 0 Å². The Labute approximate surface area is 95.2 Å². The van der Waals surface area contributed by atoms with Gasteiger partial charge in [0.1, 0.15) is 11.5 Å². The molecule has 0 saturated heterocycles. The molecule has 0 saturated carbocycles. The van der Waals surface area contributed by atoms with Crippen LogP contribution in [0.5, 0.6) is 5.75 Å². The van der Waals surface area contributed by atoms with Gasteiger partial charge in [0.2, 0.25) is 0 Å². The minimum Gasteiger partial charge on any atom is -0.496 e. The van der Waals surface area contributed by atoms with Crippen molar-refractivity contribution in [1.29, 1.82) is 0 Å². The van der Waals surface area contributed by atoms with E-state index in [1.165, 1.54) is 0 Å². The second-order valence-electron chi connectivity index (χ2n) is 3.22. The van der Waals surface area contributed by atoms with Gasteiger partial charge in [-0.2, -0.15) is 21.6 Å². The Hall–Kier alpha value is -1.31. The van der Waals surface area contributed by atoms with E-state index >= 15 is 0 Å². The van der Waals surface area contributed by atoms with Gasteiger partial charge in [-0.15, -0.1) is 3.89 Å². The smallest absolute Gasteiger partial charge is 0.419 e. The van der Waals surface area contributed by atoms with Gasteiger partial charge in [0, 0.05) is 0 Å². The fourth-order valence-electron chi connectivity index (χ4n) is 1.27. The molecule has 0 heterocycles. The van der Waals surface area contributed by atoms with Gasteiger partial charge in [0.05, 0.1) is 12.7 Å². The third-order valence-corrected chi connectivity index (χ3v) is 2.59. The molecule has 0 aliphatic carbocycles. The zero-order valence-corrected chi connectivity index (χ0v) is 9.40. The lowest BCUT2D eigenvalue weighted by molar-refractivity contribution is -0.138. The number of methoxy groups -OCH3 is 1. The Balaban J connectivity index is 3.23. The summed E-state index contributed by atoms with van der Waals surface area (Å²) in [6, 6.07) is 2.56. The van der Waals surface area contributed by atoms with Crippen molar-refractivity contribution in [2.24, 2.45) is 0 Å². The second kappa shape index (κ2) is 4.52. The topological polar surface area (TPSA) is 43.4 Å². The maximum atomic E-state index is 12.5. The Bertz CT molecular complexity index is 507. The summed E-state index contributed by atoms with van der Waals surface area (Å²) in [4.78, 5) is 0. The quantitative estimate of drug-likeness (QED) is 0.627. The predicted octanol–water partition coefficient (Wildman–Crippen LogP) is 2.51. The first kappa shape index (κ1) is 13.8. The monoisotopic (exact) mass is 272 g/mol. The molecule has 0 aromatic heterocycles. The summed E-state index contributed by atoms with van der Waals surface area (Å²) in [5, 5.41) is 0. The van der Waals surface area contributed by atoms with Gasteiger partial charge < -0.3 is 4.74 Å². The van der Waals surface area contributed by atoms with Gasteiger partial charge in [-0.1, -0.05) is 6.07 Å². The van der Waals surface area contributed by atoms with E-state index in [1.807, 2.05) is 0 Å². The molecule has 1 aromatic rings. The fraction of sp³-hybridized carbons (Fsp3) is 0.333. The lowest BCUT2D eigenvalue weighted by Crippen LogP contribution is -2.09. The van der Waals surface area contributed by atoms with Gasteiger partial charge >= 0.3 is 16.4 Å². The van der Waals surface area contributed by atoms with E-state index in [0.717, 1.165) is 19.2 Å². The van der Waals surface area contributed by atoms with Crippen LogP contribution in [-0.4, -0.2) is 15.5 Å². The van der Waals surface area contributed by atoms with E-state index in [2.05, 4.69) is 4.74 Å². The van der Waals surface area contributed by atoms with Crippen LogP contribution in [0.3, 0.4) is 0 Å². The standard InChI is InChI=1S/C9H8F4O3S/c1-16-8-3-2-6(5-17(13,14)15)4-7(8)9(10,11)12/h2-4H,5H2,1H3. The van der Waals surface area contributed by atoms with Gasteiger partial charge in [-0.3, -0.25) is 0 Å². The Morgan fingerprint density at radius 1 is 1.29 bits per heavy atom. The second-order valence-corrected chi connectivity index (χ2v) is 4.58. The first-order chi connectivity index (χ1) is 7.63. The minimum atomic E-state index is -4.87. The number of halogens is 4. The van der Waals surface area contributed by atoms with Crippen LogP contribution in [-0.2, 0) is 22.2 Å². The molecule has 0 bridgehead atoms.